The number of ether oxygens (including phenoxy) is 1. The van der Waals surface area contributed by atoms with E-state index in [0.29, 0.717) is 0 Å². The Hall–Kier alpha value is -2.69. The summed E-state index contributed by atoms with van der Waals surface area (Å²) < 4.78 is 13.7. The second kappa shape index (κ2) is 5.77. The van der Waals surface area contributed by atoms with Crippen molar-refractivity contribution in [1.82, 2.24) is 25.8 Å². The van der Waals surface area contributed by atoms with E-state index in [9.17, 15) is 9.59 Å². The second-order valence-electron chi connectivity index (χ2n) is 3.22. The first-order chi connectivity index (χ1) is 9.20. The van der Waals surface area contributed by atoms with Gasteiger partial charge in [0.25, 0.3) is 11.8 Å². The van der Waals surface area contributed by atoms with Gasteiger partial charge in [0.1, 0.15) is 0 Å². The minimum Gasteiger partial charge on any atom is -0.464 e. The maximum Gasteiger partial charge on any atom is 0.439 e. The molecule has 0 aliphatic rings. The van der Waals surface area contributed by atoms with Gasteiger partial charge in [0.15, 0.2) is 6.61 Å². The summed E-state index contributed by atoms with van der Waals surface area (Å²) >= 11 is 0. The number of carbonyl (C=O) groups excluding carboxylic acids is 1. The van der Waals surface area contributed by atoms with Crippen molar-refractivity contribution >= 4 is 5.91 Å². The van der Waals surface area contributed by atoms with Crippen LogP contribution in [0.25, 0.3) is 11.5 Å². The van der Waals surface area contributed by atoms with Crippen LogP contribution >= 0.6 is 0 Å². The van der Waals surface area contributed by atoms with E-state index in [2.05, 4.69) is 34.9 Å². The highest BCUT2D eigenvalue weighted by molar-refractivity contribution is 5.77. The lowest BCUT2D eigenvalue weighted by atomic mass is 10.4. The van der Waals surface area contributed by atoms with Crippen molar-refractivity contribution in [2.45, 2.75) is 0 Å². The summed E-state index contributed by atoms with van der Waals surface area (Å²) in [6, 6.07) is 0. The molecule has 2 aromatic rings. The predicted molar refractivity (Wildman–Crippen MR) is 56.0 cm³/mol. The summed E-state index contributed by atoms with van der Waals surface area (Å²) in [6.45, 7) is -0.422. The number of nitrogens with one attached hydrogen (secondary N) is 2. The van der Waals surface area contributed by atoms with Crippen LogP contribution in [0, 0.1) is 0 Å². The van der Waals surface area contributed by atoms with Gasteiger partial charge in [0.2, 0.25) is 11.5 Å². The number of amides is 1. The number of hydrogen-bond donors (Lipinski definition) is 3. The van der Waals surface area contributed by atoms with Gasteiger partial charge in [-0.1, -0.05) is 5.16 Å². The highest BCUT2D eigenvalue weighted by Gasteiger charge is 2.19. The lowest BCUT2D eigenvalue weighted by Crippen LogP contribution is -2.31. The van der Waals surface area contributed by atoms with Gasteiger partial charge in [0, 0.05) is 6.54 Å². The molecule has 0 fully saturated rings. The normalized spacial score (nSPS) is 10.4. The van der Waals surface area contributed by atoms with Gasteiger partial charge in [-0.25, -0.2) is 9.42 Å². The standard InChI is InChI=1S/C8H9N5O6/c14-2-1-9-4(15)3-17-7-5(11-19-13-7)6-10-8(16)18-12-6/h14H,1-3H2,(H,9,15)(H,10,12,16). The van der Waals surface area contributed by atoms with E-state index in [1.54, 1.807) is 0 Å². The Kier molecular flexibility index (Phi) is 3.87. The molecular weight excluding hydrogens is 262 g/mol. The molecule has 0 atom stereocenters. The van der Waals surface area contributed by atoms with Crippen LogP contribution in [-0.4, -0.2) is 51.2 Å². The van der Waals surface area contributed by atoms with E-state index in [-0.39, 0.29) is 37.2 Å². The zero-order valence-electron chi connectivity index (χ0n) is 9.45. The third kappa shape index (κ3) is 3.16. The average molecular weight is 271 g/mol. The van der Waals surface area contributed by atoms with E-state index >= 15 is 0 Å². The van der Waals surface area contributed by atoms with Gasteiger partial charge < -0.3 is 15.2 Å². The molecule has 2 heterocycles. The van der Waals surface area contributed by atoms with E-state index in [1.165, 1.54) is 0 Å². The van der Waals surface area contributed by atoms with Gasteiger partial charge >= 0.3 is 5.76 Å². The van der Waals surface area contributed by atoms with Crippen molar-refractivity contribution in [3.05, 3.63) is 10.6 Å². The molecule has 102 valence electrons. The summed E-state index contributed by atoms with van der Waals surface area (Å²) in [6.07, 6.45) is 0. The van der Waals surface area contributed by atoms with Crippen molar-refractivity contribution in [2.75, 3.05) is 19.8 Å². The molecule has 11 heteroatoms. The van der Waals surface area contributed by atoms with Crippen molar-refractivity contribution in [3.63, 3.8) is 0 Å². The number of aromatic nitrogens is 4. The molecule has 0 unspecified atom stereocenters. The van der Waals surface area contributed by atoms with Crippen LogP contribution < -0.4 is 15.8 Å². The number of aliphatic hydroxyl groups excluding tert-OH is 1. The Morgan fingerprint density at radius 3 is 2.95 bits per heavy atom. The average Bonchev–Trinajstić information content (AvgIpc) is 3.02. The molecule has 1 amide bonds. The lowest BCUT2D eigenvalue weighted by molar-refractivity contribution is -0.123. The van der Waals surface area contributed by atoms with Crippen LogP contribution in [-0.2, 0) is 4.79 Å². The quantitative estimate of drug-likeness (QED) is 0.535. The fourth-order valence-corrected chi connectivity index (χ4v) is 1.13. The zero-order valence-corrected chi connectivity index (χ0v) is 9.45. The highest BCUT2D eigenvalue weighted by Crippen LogP contribution is 2.21. The molecule has 0 saturated carbocycles. The van der Waals surface area contributed by atoms with Gasteiger partial charge in [-0.05, 0) is 10.3 Å². The fraction of sp³-hybridized carbons (Fsp3) is 0.375. The number of carbonyl (C=O) groups is 1. The predicted octanol–water partition coefficient (Wildman–Crippen LogP) is -2.10. The van der Waals surface area contributed by atoms with E-state index in [1.807, 2.05) is 0 Å². The highest BCUT2D eigenvalue weighted by atomic mass is 16.6. The summed E-state index contributed by atoms with van der Waals surface area (Å²) in [7, 11) is 0. The SMILES string of the molecule is O=C(COc1nonc1-c1noc(=O)[nH]1)NCCO. The number of hydrogen-bond acceptors (Lipinski definition) is 9. The largest absolute Gasteiger partial charge is 0.464 e. The van der Waals surface area contributed by atoms with Crippen LogP contribution in [0.15, 0.2) is 13.9 Å². The molecule has 0 saturated heterocycles. The molecule has 0 radical (unpaired) electrons. The van der Waals surface area contributed by atoms with Gasteiger partial charge in [0.05, 0.1) is 6.61 Å². The monoisotopic (exact) mass is 271 g/mol. The first-order valence-corrected chi connectivity index (χ1v) is 5.10. The molecule has 0 aromatic carbocycles. The molecular formula is C8H9N5O6. The summed E-state index contributed by atoms with van der Waals surface area (Å²) in [5.41, 5.74) is 0.000748. The van der Waals surface area contributed by atoms with Crippen LogP contribution in [0.5, 0.6) is 5.88 Å². The number of H-pyrrole nitrogens is 1. The molecule has 3 N–H and O–H groups in total. The van der Waals surface area contributed by atoms with Crippen LogP contribution in [0.4, 0.5) is 0 Å². The third-order valence-corrected chi connectivity index (χ3v) is 1.90. The topological polar surface area (TPSA) is 156 Å². The third-order valence-electron chi connectivity index (χ3n) is 1.90. The minimum atomic E-state index is -0.773. The Morgan fingerprint density at radius 2 is 2.26 bits per heavy atom. The Morgan fingerprint density at radius 1 is 1.42 bits per heavy atom. The van der Waals surface area contributed by atoms with Crippen molar-refractivity contribution in [3.8, 4) is 17.4 Å². The molecule has 11 nitrogen and oxygen atoms in total. The van der Waals surface area contributed by atoms with Crippen LogP contribution in [0.3, 0.4) is 0 Å². The van der Waals surface area contributed by atoms with E-state index in [0.717, 1.165) is 0 Å². The molecule has 19 heavy (non-hydrogen) atoms. The Bertz CT molecular complexity index is 601. The van der Waals surface area contributed by atoms with Crippen molar-refractivity contribution in [2.24, 2.45) is 0 Å². The minimum absolute atomic E-state index is 0.000748. The lowest BCUT2D eigenvalue weighted by Gasteiger charge is -2.03. The van der Waals surface area contributed by atoms with Gasteiger partial charge in [-0.15, -0.1) is 0 Å². The first-order valence-electron chi connectivity index (χ1n) is 5.10. The number of aliphatic hydroxyl groups is 1. The van der Waals surface area contributed by atoms with Gasteiger partial charge in [-0.2, -0.15) is 0 Å². The van der Waals surface area contributed by atoms with E-state index < -0.39 is 11.7 Å². The van der Waals surface area contributed by atoms with E-state index in [4.69, 9.17) is 9.84 Å². The maximum absolute atomic E-state index is 11.2. The smallest absolute Gasteiger partial charge is 0.439 e. The summed E-state index contributed by atoms with van der Waals surface area (Å²) in [4.78, 5) is 24.3. The van der Waals surface area contributed by atoms with Crippen LogP contribution in [0.1, 0.15) is 0 Å². The molecule has 0 spiro atoms. The maximum atomic E-state index is 11.2. The van der Waals surface area contributed by atoms with Crippen molar-refractivity contribution in [1.29, 1.82) is 0 Å². The molecule has 0 aliphatic carbocycles. The zero-order chi connectivity index (χ0) is 13.7. The first kappa shape index (κ1) is 12.8. The second-order valence-corrected chi connectivity index (χ2v) is 3.22. The van der Waals surface area contributed by atoms with Gasteiger partial charge in [-0.3, -0.25) is 14.3 Å². The Balaban J connectivity index is 2.00. The molecule has 0 aliphatic heterocycles. The number of nitrogens with zero attached hydrogens (tertiary/aromatic N) is 3. The Labute approximate surface area is 104 Å². The van der Waals surface area contributed by atoms with Crippen LogP contribution in [0.2, 0.25) is 0 Å². The number of aromatic amines is 1. The number of rotatable bonds is 6. The fourth-order valence-electron chi connectivity index (χ4n) is 1.13. The summed E-state index contributed by atoms with van der Waals surface area (Å²) in [5.74, 6) is -1.39. The molecule has 2 aromatic heterocycles. The van der Waals surface area contributed by atoms with Crippen molar-refractivity contribution < 1.29 is 23.8 Å². The molecule has 0 bridgehead atoms. The molecule has 2 rings (SSSR count). The summed E-state index contributed by atoms with van der Waals surface area (Å²) in [5, 5.41) is 21.1.